The van der Waals surface area contributed by atoms with Gasteiger partial charge >= 0.3 is 0 Å². The molecule has 5 heteroatoms. The zero-order chi connectivity index (χ0) is 13.4. The van der Waals surface area contributed by atoms with E-state index in [1.807, 2.05) is 6.07 Å². The Bertz CT molecular complexity index is 461. The van der Waals surface area contributed by atoms with Crippen molar-refractivity contribution in [2.75, 3.05) is 25.5 Å². The molecule has 0 bridgehead atoms. The highest BCUT2D eigenvalue weighted by Crippen LogP contribution is 2.38. The van der Waals surface area contributed by atoms with Crippen molar-refractivity contribution in [1.82, 2.24) is 14.9 Å². The molecule has 1 saturated heterocycles. The summed E-state index contributed by atoms with van der Waals surface area (Å²) in [5.74, 6) is 2.96. The Morgan fingerprint density at radius 3 is 2.79 bits per heavy atom. The molecule has 2 aliphatic rings. The van der Waals surface area contributed by atoms with E-state index in [1.165, 1.54) is 12.8 Å². The first kappa shape index (κ1) is 13.1. The molecule has 1 aliphatic carbocycles. The van der Waals surface area contributed by atoms with Crippen LogP contribution in [0, 0.1) is 5.92 Å². The summed E-state index contributed by atoms with van der Waals surface area (Å²) in [4.78, 5) is 11.3. The predicted octanol–water partition coefficient (Wildman–Crippen LogP) is 2.76. The first-order chi connectivity index (χ1) is 9.11. The quantitative estimate of drug-likeness (QED) is 0.865. The summed E-state index contributed by atoms with van der Waals surface area (Å²) < 4.78 is 0. The Balaban J connectivity index is 1.72. The van der Waals surface area contributed by atoms with Gasteiger partial charge in [-0.3, -0.25) is 0 Å². The van der Waals surface area contributed by atoms with Crippen molar-refractivity contribution in [2.45, 2.75) is 38.1 Å². The summed E-state index contributed by atoms with van der Waals surface area (Å²) in [6.45, 7) is 4.56. The van der Waals surface area contributed by atoms with Crippen LogP contribution in [0.1, 0.15) is 37.9 Å². The van der Waals surface area contributed by atoms with Crippen LogP contribution in [0.3, 0.4) is 0 Å². The lowest BCUT2D eigenvalue weighted by atomic mass is 9.94. The molecule has 3 rings (SSSR count). The monoisotopic (exact) mass is 280 g/mol. The molecule has 2 unspecified atom stereocenters. The zero-order valence-corrected chi connectivity index (χ0v) is 12.3. The van der Waals surface area contributed by atoms with Crippen LogP contribution in [0.2, 0.25) is 5.15 Å². The Morgan fingerprint density at radius 2 is 2.11 bits per heavy atom. The SMILES string of the molecule is CC1CN(C)CCC1Nc1cc(Cl)nc(C2CC2)n1. The molecule has 1 aromatic rings. The molecule has 0 amide bonds. The van der Waals surface area contributed by atoms with Gasteiger partial charge < -0.3 is 10.2 Å². The third-order valence-electron chi connectivity index (χ3n) is 4.10. The number of nitrogens with one attached hydrogen (secondary N) is 1. The highest BCUT2D eigenvalue weighted by molar-refractivity contribution is 6.29. The lowest BCUT2D eigenvalue weighted by Gasteiger charge is -2.35. The number of hydrogen-bond acceptors (Lipinski definition) is 4. The number of anilines is 1. The maximum atomic E-state index is 6.10. The fourth-order valence-electron chi connectivity index (χ4n) is 2.79. The van der Waals surface area contributed by atoms with Crippen molar-refractivity contribution in [3.05, 3.63) is 17.0 Å². The average Bonchev–Trinajstić information content (AvgIpc) is 3.16. The van der Waals surface area contributed by atoms with Gasteiger partial charge in [-0.15, -0.1) is 0 Å². The van der Waals surface area contributed by atoms with Gasteiger partial charge in [0.15, 0.2) is 0 Å². The van der Waals surface area contributed by atoms with E-state index in [0.717, 1.165) is 31.2 Å². The van der Waals surface area contributed by atoms with Crippen LogP contribution in [0.15, 0.2) is 6.07 Å². The molecule has 1 aliphatic heterocycles. The van der Waals surface area contributed by atoms with E-state index in [9.17, 15) is 0 Å². The molecule has 4 nitrogen and oxygen atoms in total. The maximum Gasteiger partial charge on any atom is 0.135 e. The van der Waals surface area contributed by atoms with Crippen LogP contribution in [-0.4, -0.2) is 41.0 Å². The fraction of sp³-hybridized carbons (Fsp3) is 0.714. The second-order valence-corrected chi connectivity index (χ2v) is 6.37. The summed E-state index contributed by atoms with van der Waals surface area (Å²) in [5.41, 5.74) is 0. The van der Waals surface area contributed by atoms with Crippen molar-refractivity contribution in [1.29, 1.82) is 0 Å². The molecule has 104 valence electrons. The normalized spacial score (nSPS) is 28.4. The molecule has 1 N–H and O–H groups in total. The summed E-state index contributed by atoms with van der Waals surface area (Å²) in [6.07, 6.45) is 3.55. The lowest BCUT2D eigenvalue weighted by molar-refractivity contribution is 0.206. The number of halogens is 1. The Labute approximate surface area is 119 Å². The minimum Gasteiger partial charge on any atom is -0.367 e. The highest BCUT2D eigenvalue weighted by Gasteiger charge is 2.28. The van der Waals surface area contributed by atoms with Gasteiger partial charge in [0.1, 0.15) is 16.8 Å². The zero-order valence-electron chi connectivity index (χ0n) is 11.6. The Hall–Kier alpha value is -0.870. The van der Waals surface area contributed by atoms with Crippen LogP contribution < -0.4 is 5.32 Å². The molecule has 1 saturated carbocycles. The molecule has 2 atom stereocenters. The largest absolute Gasteiger partial charge is 0.367 e. The first-order valence-corrected chi connectivity index (χ1v) is 7.49. The van der Waals surface area contributed by atoms with Gasteiger partial charge in [-0.1, -0.05) is 18.5 Å². The standard InChI is InChI=1S/C14H21ClN4/c1-9-8-19(2)6-5-11(9)16-13-7-12(15)17-14(18-13)10-3-4-10/h7,9-11H,3-6,8H2,1-2H3,(H,16,17,18). The van der Waals surface area contributed by atoms with Crippen molar-refractivity contribution in [2.24, 2.45) is 5.92 Å². The Kier molecular flexibility index (Phi) is 3.63. The first-order valence-electron chi connectivity index (χ1n) is 7.11. The summed E-state index contributed by atoms with van der Waals surface area (Å²) in [7, 11) is 2.18. The molecule has 1 aromatic heterocycles. The van der Waals surface area contributed by atoms with E-state index in [0.29, 0.717) is 23.0 Å². The third-order valence-corrected chi connectivity index (χ3v) is 4.29. The van der Waals surface area contributed by atoms with E-state index in [1.54, 1.807) is 0 Å². The van der Waals surface area contributed by atoms with Gasteiger partial charge in [0.05, 0.1) is 0 Å². The van der Waals surface area contributed by atoms with Crippen molar-refractivity contribution >= 4 is 17.4 Å². The predicted molar refractivity (Wildman–Crippen MR) is 77.7 cm³/mol. The minimum absolute atomic E-state index is 0.481. The van der Waals surface area contributed by atoms with E-state index in [-0.39, 0.29) is 0 Å². The van der Waals surface area contributed by atoms with Crippen LogP contribution in [0.5, 0.6) is 0 Å². The molecular formula is C14H21ClN4. The van der Waals surface area contributed by atoms with Crippen molar-refractivity contribution < 1.29 is 0 Å². The second-order valence-electron chi connectivity index (χ2n) is 5.99. The van der Waals surface area contributed by atoms with Crippen LogP contribution >= 0.6 is 11.6 Å². The smallest absolute Gasteiger partial charge is 0.135 e. The van der Waals surface area contributed by atoms with Crippen LogP contribution in [0.25, 0.3) is 0 Å². The minimum atomic E-state index is 0.481. The fourth-order valence-corrected chi connectivity index (χ4v) is 2.98. The molecule has 0 radical (unpaired) electrons. The van der Waals surface area contributed by atoms with Gasteiger partial charge in [0.2, 0.25) is 0 Å². The number of hydrogen-bond donors (Lipinski definition) is 1. The van der Waals surface area contributed by atoms with E-state index < -0.39 is 0 Å². The highest BCUT2D eigenvalue weighted by atomic mass is 35.5. The summed E-state index contributed by atoms with van der Waals surface area (Å²) in [6, 6.07) is 2.33. The molecule has 0 aromatic carbocycles. The van der Waals surface area contributed by atoms with E-state index in [2.05, 4.69) is 34.2 Å². The summed E-state index contributed by atoms with van der Waals surface area (Å²) in [5, 5.41) is 4.11. The van der Waals surface area contributed by atoms with Gasteiger partial charge in [-0.05, 0) is 38.8 Å². The maximum absolute atomic E-state index is 6.10. The third kappa shape index (κ3) is 3.18. The van der Waals surface area contributed by atoms with Crippen molar-refractivity contribution in [3.63, 3.8) is 0 Å². The summed E-state index contributed by atoms with van der Waals surface area (Å²) >= 11 is 6.10. The molecule has 2 fully saturated rings. The van der Waals surface area contributed by atoms with E-state index in [4.69, 9.17) is 11.6 Å². The van der Waals surface area contributed by atoms with E-state index >= 15 is 0 Å². The number of aromatic nitrogens is 2. The lowest BCUT2D eigenvalue weighted by Crippen LogP contribution is -2.43. The molecule has 19 heavy (non-hydrogen) atoms. The number of likely N-dealkylation sites (tertiary alicyclic amines) is 1. The number of nitrogens with zero attached hydrogens (tertiary/aromatic N) is 3. The Morgan fingerprint density at radius 1 is 1.32 bits per heavy atom. The van der Waals surface area contributed by atoms with Gasteiger partial charge in [-0.2, -0.15) is 0 Å². The average molecular weight is 281 g/mol. The molecule has 0 spiro atoms. The van der Waals surface area contributed by atoms with Gasteiger partial charge in [0.25, 0.3) is 0 Å². The number of piperidine rings is 1. The van der Waals surface area contributed by atoms with Crippen LogP contribution in [-0.2, 0) is 0 Å². The molecular weight excluding hydrogens is 260 g/mol. The second kappa shape index (κ2) is 5.25. The number of rotatable bonds is 3. The molecule has 2 heterocycles. The van der Waals surface area contributed by atoms with Crippen LogP contribution in [0.4, 0.5) is 5.82 Å². The van der Waals surface area contributed by atoms with Gasteiger partial charge in [-0.25, -0.2) is 9.97 Å². The van der Waals surface area contributed by atoms with Gasteiger partial charge in [0, 0.05) is 24.6 Å². The van der Waals surface area contributed by atoms with Crippen molar-refractivity contribution in [3.8, 4) is 0 Å². The topological polar surface area (TPSA) is 41.0 Å².